The first-order valence-electron chi connectivity index (χ1n) is 4.00. The first-order chi connectivity index (χ1) is 6.99. The van der Waals surface area contributed by atoms with Gasteiger partial charge in [0.05, 0.1) is 7.11 Å². The number of pyridine rings is 1. The first-order valence-corrected chi connectivity index (χ1v) is 4.00. The van der Waals surface area contributed by atoms with Crippen LogP contribution in [0, 0.1) is 12.7 Å². The van der Waals surface area contributed by atoms with Gasteiger partial charge in [-0.25, -0.2) is 22.9 Å². The van der Waals surface area contributed by atoms with Gasteiger partial charge in [-0.3, -0.25) is 0 Å². The van der Waals surface area contributed by atoms with Gasteiger partial charge in [-0.2, -0.15) is 0 Å². The van der Waals surface area contributed by atoms with Crippen LogP contribution in [0.3, 0.4) is 0 Å². The molecule has 1 heterocycles. The van der Waals surface area contributed by atoms with Gasteiger partial charge in [0.1, 0.15) is 0 Å². The number of aromatic nitrogens is 1. The zero-order valence-corrected chi connectivity index (χ0v) is 8.05. The Labute approximate surface area is 83.9 Å². The number of nitrogens with zero attached hydrogens (tertiary/aromatic N) is 1. The molecular weight excluding hydrogens is 211 g/mol. The minimum absolute atomic E-state index is 0.291. The first kappa shape index (κ1) is 11.5. The maximum Gasteiger partial charge on any atom is 0.359 e. The maximum absolute atomic E-state index is 13.4. The van der Waals surface area contributed by atoms with Crippen molar-refractivity contribution in [1.82, 2.24) is 4.98 Å². The van der Waals surface area contributed by atoms with Gasteiger partial charge in [-0.15, -0.1) is 0 Å². The van der Waals surface area contributed by atoms with E-state index in [1.807, 2.05) is 0 Å². The Morgan fingerprint density at radius 3 is 2.60 bits per heavy atom. The largest absolute Gasteiger partial charge is 0.464 e. The summed E-state index contributed by atoms with van der Waals surface area (Å²) >= 11 is 0. The molecule has 0 amide bonds. The van der Waals surface area contributed by atoms with Crippen LogP contribution in [-0.4, -0.2) is 18.1 Å². The molecule has 1 aromatic heterocycles. The van der Waals surface area contributed by atoms with Crippen molar-refractivity contribution >= 4 is 5.97 Å². The third-order valence-electron chi connectivity index (χ3n) is 1.92. The molecule has 0 bridgehead atoms. The predicted molar refractivity (Wildman–Crippen MR) is 45.2 cm³/mol. The molecule has 3 nitrogen and oxygen atoms in total. The molecule has 0 atom stereocenters. The van der Waals surface area contributed by atoms with Gasteiger partial charge >= 0.3 is 5.97 Å². The fourth-order valence-corrected chi connectivity index (χ4v) is 1.05. The van der Waals surface area contributed by atoms with Gasteiger partial charge in [0.2, 0.25) is 0 Å². The van der Waals surface area contributed by atoms with Crippen molar-refractivity contribution in [2.45, 2.75) is 13.3 Å². The minimum Gasteiger partial charge on any atom is -0.464 e. The Hall–Kier alpha value is -1.59. The Morgan fingerprint density at radius 2 is 2.13 bits per heavy atom. The van der Waals surface area contributed by atoms with Crippen LogP contribution in [0.1, 0.15) is 28.0 Å². The molecule has 15 heavy (non-hydrogen) atoms. The van der Waals surface area contributed by atoms with Crippen LogP contribution in [0.25, 0.3) is 0 Å². The second-order valence-electron chi connectivity index (χ2n) is 2.79. The topological polar surface area (TPSA) is 39.2 Å². The normalized spacial score (nSPS) is 10.5. The average molecular weight is 219 g/mol. The van der Waals surface area contributed by atoms with Crippen molar-refractivity contribution in [3.8, 4) is 0 Å². The second kappa shape index (κ2) is 4.29. The van der Waals surface area contributed by atoms with Crippen molar-refractivity contribution in [3.63, 3.8) is 0 Å². The monoisotopic (exact) mass is 219 g/mol. The van der Waals surface area contributed by atoms with Crippen LogP contribution in [0.2, 0.25) is 0 Å². The Balaban J connectivity index is 3.27. The van der Waals surface area contributed by atoms with E-state index in [-0.39, 0.29) is 5.56 Å². The van der Waals surface area contributed by atoms with Crippen molar-refractivity contribution in [1.29, 1.82) is 0 Å². The fourth-order valence-electron chi connectivity index (χ4n) is 1.05. The molecule has 82 valence electrons. The van der Waals surface area contributed by atoms with Gasteiger partial charge < -0.3 is 4.74 Å². The number of hydrogen-bond donors (Lipinski definition) is 0. The fraction of sp³-hybridized carbons (Fsp3) is 0.333. The summed E-state index contributed by atoms with van der Waals surface area (Å²) in [5.74, 6) is -2.06. The zero-order valence-electron chi connectivity index (χ0n) is 8.05. The van der Waals surface area contributed by atoms with E-state index < -0.39 is 29.5 Å². The van der Waals surface area contributed by atoms with Crippen molar-refractivity contribution < 1.29 is 22.7 Å². The molecule has 6 heteroatoms. The number of esters is 1. The molecule has 0 saturated carbocycles. The summed E-state index contributed by atoms with van der Waals surface area (Å²) < 4.78 is 42.2. The third-order valence-corrected chi connectivity index (χ3v) is 1.92. The lowest BCUT2D eigenvalue weighted by atomic mass is 10.1. The van der Waals surface area contributed by atoms with Gasteiger partial charge in [0, 0.05) is 11.8 Å². The highest BCUT2D eigenvalue weighted by atomic mass is 19.3. The van der Waals surface area contributed by atoms with Crippen LogP contribution >= 0.6 is 0 Å². The maximum atomic E-state index is 13.4. The summed E-state index contributed by atoms with van der Waals surface area (Å²) in [7, 11) is 1.06. The Kier molecular flexibility index (Phi) is 3.28. The summed E-state index contributed by atoms with van der Waals surface area (Å²) in [6.45, 7) is 1.16. The SMILES string of the molecule is COC(=O)c1ncc(C(F)F)c(C)c1F. The Morgan fingerprint density at radius 1 is 1.53 bits per heavy atom. The molecule has 0 radical (unpaired) electrons. The van der Waals surface area contributed by atoms with Crippen LogP contribution < -0.4 is 0 Å². The summed E-state index contributed by atoms with van der Waals surface area (Å²) in [6, 6.07) is 0. The van der Waals surface area contributed by atoms with Gasteiger partial charge in [-0.05, 0) is 12.5 Å². The standard InChI is InChI=1S/C9H8F3NO2/c1-4-5(8(11)12)3-13-7(6(4)10)9(14)15-2/h3,8H,1-2H3. The number of carbonyl (C=O) groups excluding carboxylic acids is 1. The van der Waals surface area contributed by atoms with Crippen LogP contribution in [0.4, 0.5) is 13.2 Å². The molecule has 0 aromatic carbocycles. The highest BCUT2D eigenvalue weighted by molar-refractivity contribution is 5.87. The van der Waals surface area contributed by atoms with Gasteiger partial charge in [0.15, 0.2) is 11.5 Å². The highest BCUT2D eigenvalue weighted by Gasteiger charge is 2.21. The van der Waals surface area contributed by atoms with E-state index in [1.54, 1.807) is 0 Å². The van der Waals surface area contributed by atoms with E-state index in [0.717, 1.165) is 20.2 Å². The summed E-state index contributed by atoms with van der Waals surface area (Å²) in [6.07, 6.45) is -2.05. The number of halogens is 3. The van der Waals surface area contributed by atoms with E-state index in [1.165, 1.54) is 0 Å². The smallest absolute Gasteiger partial charge is 0.359 e. The minimum atomic E-state index is -2.82. The number of rotatable bonds is 2. The number of carbonyl (C=O) groups is 1. The molecule has 1 aromatic rings. The number of ether oxygens (including phenoxy) is 1. The average Bonchev–Trinajstić information content (AvgIpc) is 2.20. The zero-order chi connectivity index (χ0) is 11.6. The second-order valence-corrected chi connectivity index (χ2v) is 2.79. The third kappa shape index (κ3) is 2.08. The summed E-state index contributed by atoms with van der Waals surface area (Å²) in [5, 5.41) is 0. The highest BCUT2D eigenvalue weighted by Crippen LogP contribution is 2.24. The van der Waals surface area contributed by atoms with Crippen molar-refractivity contribution in [2.75, 3.05) is 7.11 Å². The molecule has 0 saturated heterocycles. The quantitative estimate of drug-likeness (QED) is 0.716. The molecule has 0 N–H and O–H groups in total. The lowest BCUT2D eigenvalue weighted by Gasteiger charge is -2.07. The molecule has 0 aliphatic carbocycles. The van der Waals surface area contributed by atoms with E-state index in [4.69, 9.17) is 0 Å². The van der Waals surface area contributed by atoms with Crippen LogP contribution in [0.5, 0.6) is 0 Å². The summed E-state index contributed by atoms with van der Waals surface area (Å²) in [5.41, 5.74) is -1.40. The van der Waals surface area contributed by atoms with E-state index >= 15 is 0 Å². The molecule has 0 unspecified atom stereocenters. The number of hydrogen-bond acceptors (Lipinski definition) is 3. The summed E-state index contributed by atoms with van der Waals surface area (Å²) in [4.78, 5) is 14.3. The lowest BCUT2D eigenvalue weighted by Crippen LogP contribution is -2.10. The lowest BCUT2D eigenvalue weighted by molar-refractivity contribution is 0.0587. The molecule has 0 aliphatic heterocycles. The molecular formula is C9H8F3NO2. The van der Waals surface area contributed by atoms with Gasteiger partial charge in [0.25, 0.3) is 6.43 Å². The molecule has 0 spiro atoms. The van der Waals surface area contributed by atoms with E-state index in [9.17, 15) is 18.0 Å². The number of alkyl halides is 2. The molecule has 0 fully saturated rings. The van der Waals surface area contributed by atoms with Crippen LogP contribution in [-0.2, 0) is 4.74 Å². The van der Waals surface area contributed by atoms with Crippen molar-refractivity contribution in [2.24, 2.45) is 0 Å². The number of methoxy groups -OCH3 is 1. The molecule has 1 rings (SSSR count). The predicted octanol–water partition coefficient (Wildman–Crippen LogP) is 2.25. The van der Waals surface area contributed by atoms with E-state index in [0.29, 0.717) is 0 Å². The Bertz CT molecular complexity index is 393. The van der Waals surface area contributed by atoms with E-state index in [2.05, 4.69) is 9.72 Å². The molecule has 0 aliphatic rings. The van der Waals surface area contributed by atoms with Gasteiger partial charge in [-0.1, -0.05) is 0 Å². The van der Waals surface area contributed by atoms with Crippen LogP contribution in [0.15, 0.2) is 6.20 Å². The van der Waals surface area contributed by atoms with Crippen molar-refractivity contribution in [3.05, 3.63) is 28.8 Å².